The molecule has 2 nitrogen and oxygen atoms in total. The van der Waals surface area contributed by atoms with Gasteiger partial charge in [0.2, 0.25) is 0 Å². The van der Waals surface area contributed by atoms with Crippen molar-refractivity contribution in [2.45, 2.75) is 23.8 Å². The van der Waals surface area contributed by atoms with Crippen molar-refractivity contribution in [1.29, 1.82) is 0 Å². The molecule has 1 aliphatic rings. The molecule has 1 aliphatic heterocycles. The van der Waals surface area contributed by atoms with E-state index in [0.29, 0.717) is 23.1 Å². The summed E-state index contributed by atoms with van der Waals surface area (Å²) in [6, 6.07) is 2.38. The van der Waals surface area contributed by atoms with Gasteiger partial charge in [-0.3, -0.25) is 4.79 Å². The first-order valence-corrected chi connectivity index (χ1v) is 9.33. The Morgan fingerprint density at radius 1 is 1.33 bits per heavy atom. The number of ether oxygens (including phenoxy) is 1. The van der Waals surface area contributed by atoms with E-state index in [4.69, 9.17) is 4.74 Å². The van der Waals surface area contributed by atoms with Crippen LogP contribution in [0.5, 0.6) is 0 Å². The van der Waals surface area contributed by atoms with Crippen LogP contribution in [0.15, 0.2) is 16.6 Å². The van der Waals surface area contributed by atoms with Gasteiger partial charge in [0.1, 0.15) is 0 Å². The number of halogens is 3. The first-order valence-electron chi connectivity index (χ1n) is 6.57. The van der Waals surface area contributed by atoms with Gasteiger partial charge < -0.3 is 4.74 Å². The van der Waals surface area contributed by atoms with Crippen LogP contribution in [0.25, 0.3) is 0 Å². The molecule has 1 heterocycles. The third-order valence-electron chi connectivity index (χ3n) is 3.14. The average Bonchev–Trinajstić information content (AvgIpc) is 2.91. The van der Waals surface area contributed by atoms with Gasteiger partial charge in [-0.05, 0) is 31.0 Å². The first-order chi connectivity index (χ1) is 9.98. The molecule has 7 heteroatoms. The summed E-state index contributed by atoms with van der Waals surface area (Å²) in [5.74, 6) is -0.169. The van der Waals surface area contributed by atoms with Gasteiger partial charge in [0.15, 0.2) is 11.6 Å². The lowest BCUT2D eigenvalue weighted by molar-refractivity contribution is -0.143. The van der Waals surface area contributed by atoms with E-state index in [1.54, 1.807) is 30.4 Å². The minimum atomic E-state index is -0.876. The summed E-state index contributed by atoms with van der Waals surface area (Å²) in [6.45, 7) is 2.11. The molecule has 0 bridgehead atoms. The molecule has 0 N–H and O–H groups in total. The maximum absolute atomic E-state index is 13.6. The van der Waals surface area contributed by atoms with Gasteiger partial charge in [-0.15, -0.1) is 23.5 Å². The highest BCUT2D eigenvalue weighted by atomic mass is 79.9. The van der Waals surface area contributed by atoms with Crippen LogP contribution in [-0.4, -0.2) is 24.1 Å². The van der Waals surface area contributed by atoms with E-state index in [1.165, 1.54) is 6.07 Å². The van der Waals surface area contributed by atoms with Crippen LogP contribution in [0, 0.1) is 11.6 Å². The van der Waals surface area contributed by atoms with E-state index < -0.39 is 15.7 Å². The molecule has 0 aliphatic carbocycles. The molecule has 0 radical (unpaired) electrons. The van der Waals surface area contributed by atoms with Crippen molar-refractivity contribution in [2.24, 2.45) is 0 Å². The summed E-state index contributed by atoms with van der Waals surface area (Å²) in [7, 11) is 0. The van der Waals surface area contributed by atoms with Crippen LogP contribution < -0.4 is 0 Å². The van der Waals surface area contributed by atoms with Crippen molar-refractivity contribution in [3.05, 3.63) is 33.8 Å². The standard InChI is InChI=1S/C14H15BrF2O2S2/c1-2-19-13(18)3-4-14(20-5-6-21-14)9-7-11(16)12(17)8-10(9)15/h7-8H,2-6H2,1H3. The van der Waals surface area contributed by atoms with Gasteiger partial charge in [0.05, 0.1) is 10.7 Å². The minimum absolute atomic E-state index is 0.260. The van der Waals surface area contributed by atoms with Crippen molar-refractivity contribution >= 4 is 45.4 Å². The highest BCUT2D eigenvalue weighted by Gasteiger charge is 2.39. The van der Waals surface area contributed by atoms with E-state index in [0.717, 1.165) is 17.6 Å². The molecule has 0 saturated carbocycles. The minimum Gasteiger partial charge on any atom is -0.466 e. The molecular formula is C14H15BrF2O2S2. The fraction of sp³-hybridized carbons (Fsp3) is 0.500. The van der Waals surface area contributed by atoms with Gasteiger partial charge in [-0.1, -0.05) is 15.9 Å². The molecule has 1 aromatic rings. The largest absolute Gasteiger partial charge is 0.466 e. The fourth-order valence-corrected chi connectivity index (χ4v) is 6.42. The highest BCUT2D eigenvalue weighted by molar-refractivity contribution is 9.10. The SMILES string of the molecule is CCOC(=O)CCC1(c2cc(F)c(F)cc2Br)SCCS1. The number of benzene rings is 1. The van der Waals surface area contributed by atoms with E-state index in [2.05, 4.69) is 15.9 Å². The van der Waals surface area contributed by atoms with Gasteiger partial charge >= 0.3 is 5.97 Å². The molecule has 116 valence electrons. The molecule has 0 atom stereocenters. The van der Waals surface area contributed by atoms with Crippen molar-refractivity contribution in [3.63, 3.8) is 0 Å². The third kappa shape index (κ3) is 3.93. The zero-order chi connectivity index (χ0) is 15.5. The predicted molar refractivity (Wildman–Crippen MR) is 86.5 cm³/mol. The van der Waals surface area contributed by atoms with E-state index >= 15 is 0 Å². The Kier molecular flexibility index (Phi) is 5.96. The maximum Gasteiger partial charge on any atom is 0.305 e. The first kappa shape index (κ1) is 17.1. The lowest BCUT2D eigenvalue weighted by Gasteiger charge is -2.28. The number of carbonyl (C=O) groups is 1. The van der Waals surface area contributed by atoms with Gasteiger partial charge in [-0.2, -0.15) is 0 Å². The fourth-order valence-electron chi connectivity index (χ4n) is 2.20. The van der Waals surface area contributed by atoms with Crippen molar-refractivity contribution < 1.29 is 18.3 Å². The van der Waals surface area contributed by atoms with Crippen LogP contribution in [0.2, 0.25) is 0 Å². The molecule has 0 aromatic heterocycles. The van der Waals surface area contributed by atoms with Gasteiger partial charge in [0.25, 0.3) is 0 Å². The lowest BCUT2D eigenvalue weighted by atomic mass is 10.1. The van der Waals surface area contributed by atoms with Crippen LogP contribution >= 0.6 is 39.5 Å². The Morgan fingerprint density at radius 3 is 2.57 bits per heavy atom. The van der Waals surface area contributed by atoms with Crippen molar-refractivity contribution in [3.8, 4) is 0 Å². The summed E-state index contributed by atoms with van der Waals surface area (Å²) in [4.78, 5) is 11.6. The smallest absolute Gasteiger partial charge is 0.305 e. The molecule has 0 amide bonds. The maximum atomic E-state index is 13.6. The van der Waals surface area contributed by atoms with E-state index in [9.17, 15) is 13.6 Å². The summed E-state index contributed by atoms with van der Waals surface area (Å²) in [6.07, 6.45) is 0.796. The Bertz CT molecular complexity index is 534. The van der Waals surface area contributed by atoms with E-state index in [-0.39, 0.29) is 12.4 Å². The molecule has 1 aromatic carbocycles. The Balaban J connectivity index is 2.26. The number of esters is 1. The van der Waals surface area contributed by atoms with Gasteiger partial charge in [-0.25, -0.2) is 8.78 Å². The zero-order valence-corrected chi connectivity index (χ0v) is 14.7. The zero-order valence-electron chi connectivity index (χ0n) is 11.5. The third-order valence-corrected chi connectivity index (χ3v) is 7.36. The Morgan fingerprint density at radius 2 is 1.95 bits per heavy atom. The molecule has 21 heavy (non-hydrogen) atoms. The molecule has 0 unspecified atom stereocenters. The van der Waals surface area contributed by atoms with Crippen LogP contribution in [-0.2, 0) is 13.6 Å². The van der Waals surface area contributed by atoms with Crippen molar-refractivity contribution in [2.75, 3.05) is 18.1 Å². The van der Waals surface area contributed by atoms with Crippen LogP contribution in [0.4, 0.5) is 8.78 Å². The second kappa shape index (κ2) is 7.33. The van der Waals surface area contributed by atoms with Gasteiger partial charge in [0, 0.05) is 22.4 Å². The number of rotatable bonds is 5. The molecule has 0 spiro atoms. The molecule has 1 fully saturated rings. The number of hydrogen-bond acceptors (Lipinski definition) is 4. The monoisotopic (exact) mass is 396 g/mol. The molecule has 2 rings (SSSR count). The summed E-state index contributed by atoms with van der Waals surface area (Å²) >= 11 is 6.65. The second-order valence-corrected chi connectivity index (χ2v) is 8.40. The quantitative estimate of drug-likeness (QED) is 0.531. The molecule has 1 saturated heterocycles. The average molecular weight is 397 g/mol. The van der Waals surface area contributed by atoms with Crippen molar-refractivity contribution in [1.82, 2.24) is 0 Å². The Hall–Kier alpha value is -0.270. The number of hydrogen-bond donors (Lipinski definition) is 0. The highest BCUT2D eigenvalue weighted by Crippen LogP contribution is 2.56. The van der Waals surface area contributed by atoms with Crippen LogP contribution in [0.3, 0.4) is 0 Å². The summed E-state index contributed by atoms with van der Waals surface area (Å²) in [5.41, 5.74) is 0.693. The lowest BCUT2D eigenvalue weighted by Crippen LogP contribution is -2.19. The predicted octanol–water partition coefficient (Wildman–Crippen LogP) is 4.70. The van der Waals surface area contributed by atoms with Crippen LogP contribution in [0.1, 0.15) is 25.3 Å². The topological polar surface area (TPSA) is 26.3 Å². The number of thioether (sulfide) groups is 2. The summed E-state index contributed by atoms with van der Waals surface area (Å²) in [5, 5.41) is 0. The van der Waals surface area contributed by atoms with E-state index in [1.807, 2.05) is 0 Å². The number of carbonyl (C=O) groups excluding carboxylic acids is 1. The second-order valence-electron chi connectivity index (χ2n) is 4.50. The molecular weight excluding hydrogens is 382 g/mol. The summed E-state index contributed by atoms with van der Waals surface area (Å²) < 4.78 is 31.9. The normalized spacial score (nSPS) is 17.0. The Labute approximate surface area is 139 Å².